The summed E-state index contributed by atoms with van der Waals surface area (Å²) in [4.78, 5) is 35.7. The highest BCUT2D eigenvalue weighted by Gasteiger charge is 2.29. The standard InChI is InChI=1S/C25H30N2O5/c1-15(2)21(24(29)30)13-26-23(28)12-16(3)27-25(31)32-14-22-19-10-6-4-8-17(19)18-9-5-7-11-20(18)22/h4-11,15-16,21-22H,12-14H2,1-3H3,(H,26,28)(H,27,31)(H,29,30). The van der Waals surface area contributed by atoms with Gasteiger partial charge < -0.3 is 20.5 Å². The van der Waals surface area contributed by atoms with Crippen LogP contribution >= 0.6 is 0 Å². The van der Waals surface area contributed by atoms with E-state index in [1.807, 2.05) is 24.3 Å². The summed E-state index contributed by atoms with van der Waals surface area (Å²) in [5, 5.41) is 14.5. The fourth-order valence-corrected chi connectivity index (χ4v) is 4.07. The Labute approximate surface area is 188 Å². The minimum atomic E-state index is -0.940. The molecule has 0 fully saturated rings. The molecule has 0 bridgehead atoms. The maximum atomic E-state index is 12.3. The molecular formula is C25H30N2O5. The molecule has 2 aromatic rings. The van der Waals surface area contributed by atoms with Gasteiger partial charge in [-0.15, -0.1) is 0 Å². The predicted octanol–water partition coefficient (Wildman–Crippen LogP) is 3.78. The van der Waals surface area contributed by atoms with Gasteiger partial charge in [0.2, 0.25) is 5.91 Å². The largest absolute Gasteiger partial charge is 0.481 e. The van der Waals surface area contributed by atoms with Crippen molar-refractivity contribution in [3.63, 3.8) is 0 Å². The van der Waals surface area contributed by atoms with Crippen molar-refractivity contribution in [2.75, 3.05) is 13.2 Å². The van der Waals surface area contributed by atoms with E-state index in [1.165, 1.54) is 0 Å². The van der Waals surface area contributed by atoms with Gasteiger partial charge in [-0.2, -0.15) is 0 Å². The third-order valence-corrected chi connectivity index (χ3v) is 5.84. The van der Waals surface area contributed by atoms with Crippen LogP contribution in [0.3, 0.4) is 0 Å². The molecule has 2 aromatic carbocycles. The van der Waals surface area contributed by atoms with Gasteiger partial charge in [0.1, 0.15) is 6.61 Å². The summed E-state index contributed by atoms with van der Waals surface area (Å²) < 4.78 is 5.49. The van der Waals surface area contributed by atoms with Gasteiger partial charge in [0.15, 0.2) is 0 Å². The van der Waals surface area contributed by atoms with E-state index in [0.717, 1.165) is 22.3 Å². The summed E-state index contributed by atoms with van der Waals surface area (Å²) in [7, 11) is 0. The first-order valence-electron chi connectivity index (χ1n) is 10.9. The number of ether oxygens (including phenoxy) is 1. The zero-order valence-corrected chi connectivity index (χ0v) is 18.6. The fraction of sp³-hybridized carbons (Fsp3) is 0.400. The number of carboxylic acid groups (broad SMARTS) is 1. The molecule has 2 atom stereocenters. The lowest BCUT2D eigenvalue weighted by Crippen LogP contribution is -2.40. The van der Waals surface area contributed by atoms with Gasteiger partial charge >= 0.3 is 12.1 Å². The van der Waals surface area contributed by atoms with E-state index in [2.05, 4.69) is 34.9 Å². The van der Waals surface area contributed by atoms with Crippen LogP contribution in [0.5, 0.6) is 0 Å². The number of benzene rings is 2. The summed E-state index contributed by atoms with van der Waals surface area (Å²) in [5.41, 5.74) is 4.57. The van der Waals surface area contributed by atoms with Crippen molar-refractivity contribution >= 4 is 18.0 Å². The molecule has 0 radical (unpaired) electrons. The predicted molar refractivity (Wildman–Crippen MR) is 121 cm³/mol. The van der Waals surface area contributed by atoms with Crippen LogP contribution in [0.15, 0.2) is 48.5 Å². The van der Waals surface area contributed by atoms with Crippen LogP contribution in [0.4, 0.5) is 4.79 Å². The van der Waals surface area contributed by atoms with Crippen molar-refractivity contribution in [2.24, 2.45) is 11.8 Å². The fourth-order valence-electron chi connectivity index (χ4n) is 4.07. The molecule has 1 aliphatic carbocycles. The number of alkyl carbamates (subject to hydrolysis) is 1. The van der Waals surface area contributed by atoms with Gasteiger partial charge in [-0.25, -0.2) is 4.79 Å². The van der Waals surface area contributed by atoms with Gasteiger partial charge in [0, 0.05) is 24.9 Å². The molecule has 0 aromatic heterocycles. The third kappa shape index (κ3) is 5.46. The van der Waals surface area contributed by atoms with Crippen LogP contribution in [0.2, 0.25) is 0 Å². The minimum absolute atomic E-state index is 0.0317. The molecule has 2 amide bonds. The van der Waals surface area contributed by atoms with E-state index in [9.17, 15) is 19.5 Å². The van der Waals surface area contributed by atoms with Gasteiger partial charge in [-0.1, -0.05) is 62.4 Å². The topological polar surface area (TPSA) is 105 Å². The second kappa shape index (κ2) is 10.3. The normalized spacial score (nSPS) is 14.2. The lowest BCUT2D eigenvalue weighted by molar-refractivity contribution is -0.143. The first-order chi connectivity index (χ1) is 15.3. The molecule has 3 N–H and O–H groups in total. The number of rotatable bonds is 9. The van der Waals surface area contributed by atoms with Crippen molar-refractivity contribution < 1.29 is 24.2 Å². The van der Waals surface area contributed by atoms with Crippen molar-refractivity contribution in [1.82, 2.24) is 10.6 Å². The highest BCUT2D eigenvalue weighted by Crippen LogP contribution is 2.44. The number of aliphatic carboxylic acids is 1. The maximum Gasteiger partial charge on any atom is 0.407 e. The number of carbonyl (C=O) groups excluding carboxylic acids is 2. The SMILES string of the molecule is CC(CC(=O)NCC(C(=O)O)C(C)C)NC(=O)OCC1c2ccccc2-c2ccccc21. The van der Waals surface area contributed by atoms with Crippen LogP contribution in [-0.2, 0) is 14.3 Å². The van der Waals surface area contributed by atoms with Gasteiger partial charge in [0.25, 0.3) is 0 Å². The lowest BCUT2D eigenvalue weighted by atomic mass is 9.96. The Morgan fingerprint density at radius 3 is 2.06 bits per heavy atom. The number of hydrogen-bond donors (Lipinski definition) is 3. The molecule has 0 saturated carbocycles. The smallest absolute Gasteiger partial charge is 0.407 e. The summed E-state index contributed by atoms with van der Waals surface area (Å²) in [6, 6.07) is 15.8. The maximum absolute atomic E-state index is 12.3. The summed E-state index contributed by atoms with van der Waals surface area (Å²) in [6.07, 6.45) is -0.549. The molecule has 2 unspecified atom stereocenters. The third-order valence-electron chi connectivity index (χ3n) is 5.84. The Hall–Kier alpha value is -3.35. The van der Waals surface area contributed by atoms with Crippen molar-refractivity contribution in [3.05, 3.63) is 59.7 Å². The molecule has 1 aliphatic rings. The molecule has 0 heterocycles. The number of amides is 2. The molecule has 3 rings (SSSR count). The highest BCUT2D eigenvalue weighted by molar-refractivity contribution is 5.80. The van der Waals surface area contributed by atoms with Crippen LogP contribution in [0, 0.1) is 11.8 Å². The Morgan fingerprint density at radius 2 is 1.53 bits per heavy atom. The van der Waals surface area contributed by atoms with Gasteiger partial charge in [-0.05, 0) is 35.1 Å². The second-order valence-corrected chi connectivity index (χ2v) is 8.57. The van der Waals surface area contributed by atoms with Crippen molar-refractivity contribution in [3.8, 4) is 11.1 Å². The number of hydrogen-bond acceptors (Lipinski definition) is 4. The Bertz CT molecular complexity index is 942. The summed E-state index contributed by atoms with van der Waals surface area (Å²) >= 11 is 0. The monoisotopic (exact) mass is 438 g/mol. The average Bonchev–Trinajstić information content (AvgIpc) is 3.05. The molecular weight excluding hydrogens is 408 g/mol. The van der Waals surface area contributed by atoms with E-state index in [1.54, 1.807) is 20.8 Å². The zero-order chi connectivity index (χ0) is 23.3. The van der Waals surface area contributed by atoms with Crippen LogP contribution in [-0.4, -0.2) is 42.3 Å². The van der Waals surface area contributed by atoms with E-state index in [0.29, 0.717) is 0 Å². The van der Waals surface area contributed by atoms with Gasteiger partial charge in [-0.3, -0.25) is 9.59 Å². The Kier molecular flexibility index (Phi) is 7.51. The molecule has 170 valence electrons. The molecule has 7 nitrogen and oxygen atoms in total. The molecule has 32 heavy (non-hydrogen) atoms. The van der Waals surface area contributed by atoms with Crippen molar-refractivity contribution in [1.29, 1.82) is 0 Å². The summed E-state index contributed by atoms with van der Waals surface area (Å²) in [6.45, 7) is 5.56. The number of nitrogens with one attached hydrogen (secondary N) is 2. The molecule has 0 spiro atoms. The average molecular weight is 439 g/mol. The van der Waals surface area contributed by atoms with Gasteiger partial charge in [0.05, 0.1) is 5.92 Å². The number of fused-ring (bicyclic) bond motifs is 3. The highest BCUT2D eigenvalue weighted by atomic mass is 16.5. The van der Waals surface area contributed by atoms with Crippen LogP contribution in [0.25, 0.3) is 11.1 Å². The van der Waals surface area contributed by atoms with Crippen LogP contribution < -0.4 is 10.6 Å². The second-order valence-electron chi connectivity index (χ2n) is 8.57. The molecule has 0 saturated heterocycles. The minimum Gasteiger partial charge on any atom is -0.481 e. The Balaban J connectivity index is 1.49. The van der Waals surface area contributed by atoms with Crippen LogP contribution in [0.1, 0.15) is 44.2 Å². The Morgan fingerprint density at radius 1 is 0.969 bits per heavy atom. The zero-order valence-electron chi connectivity index (χ0n) is 18.6. The molecule has 7 heteroatoms. The number of carbonyl (C=O) groups is 3. The number of carboxylic acids is 1. The first kappa shape index (κ1) is 23.3. The molecule has 0 aliphatic heterocycles. The van der Waals surface area contributed by atoms with E-state index in [-0.39, 0.29) is 37.3 Å². The first-order valence-corrected chi connectivity index (χ1v) is 10.9. The quantitative estimate of drug-likeness (QED) is 0.553. The van der Waals surface area contributed by atoms with Crippen molar-refractivity contribution in [2.45, 2.75) is 39.2 Å². The van der Waals surface area contributed by atoms with E-state index < -0.39 is 24.0 Å². The summed E-state index contributed by atoms with van der Waals surface area (Å²) in [5.74, 6) is -2.03. The van der Waals surface area contributed by atoms with E-state index >= 15 is 0 Å². The lowest BCUT2D eigenvalue weighted by Gasteiger charge is -2.19. The van der Waals surface area contributed by atoms with E-state index in [4.69, 9.17) is 4.74 Å².